The summed E-state index contributed by atoms with van der Waals surface area (Å²) >= 11 is 2.16. The zero-order chi connectivity index (χ0) is 17.2. The van der Waals surface area contributed by atoms with Gasteiger partial charge in [0, 0.05) is 26.8 Å². The van der Waals surface area contributed by atoms with Crippen LogP contribution in [0.5, 0.6) is 5.75 Å². The topological polar surface area (TPSA) is 32.3 Å². The number of hydrogen-bond donors (Lipinski definition) is 2. The van der Waals surface area contributed by atoms with Crippen molar-refractivity contribution < 1.29 is 5.11 Å². The van der Waals surface area contributed by atoms with Crippen molar-refractivity contribution in [3.05, 3.63) is 60.2 Å². The van der Waals surface area contributed by atoms with E-state index >= 15 is 0 Å². The molecule has 0 aliphatic heterocycles. The van der Waals surface area contributed by atoms with E-state index in [0.717, 1.165) is 40.3 Å². The fourth-order valence-electron chi connectivity index (χ4n) is 2.26. The molecule has 0 aliphatic rings. The second-order valence-corrected chi connectivity index (χ2v) is 7.00. The molecule has 0 saturated carbocycles. The van der Waals surface area contributed by atoms with Gasteiger partial charge in [-0.2, -0.15) is 0 Å². The summed E-state index contributed by atoms with van der Waals surface area (Å²) in [4.78, 5) is 0. The van der Waals surface area contributed by atoms with Gasteiger partial charge in [-0.25, -0.2) is 0 Å². The first-order chi connectivity index (χ1) is 11.1. The molecule has 0 unspecified atom stereocenters. The number of fused-ring (bicyclic) bond motifs is 1. The maximum absolute atomic E-state index is 10.2. The van der Waals surface area contributed by atoms with E-state index in [-0.39, 0.29) is 0 Å². The van der Waals surface area contributed by atoms with Crippen molar-refractivity contribution in [3.63, 3.8) is 0 Å². The van der Waals surface area contributed by atoms with Crippen LogP contribution in [0.2, 0.25) is 0 Å². The number of unbranched alkanes of at least 4 members (excludes halogenated alkanes) is 1. The molecule has 2 aromatic rings. The van der Waals surface area contributed by atoms with Crippen molar-refractivity contribution in [1.29, 1.82) is 0 Å². The van der Waals surface area contributed by atoms with Crippen LogP contribution in [0.15, 0.2) is 54.6 Å². The van der Waals surface area contributed by atoms with Gasteiger partial charge in [0.05, 0.1) is 0 Å². The number of rotatable bonds is 5. The molecule has 2 nitrogen and oxygen atoms in total. The van der Waals surface area contributed by atoms with E-state index in [2.05, 4.69) is 58.5 Å². The van der Waals surface area contributed by atoms with E-state index < -0.39 is 0 Å². The fraction of sp³-hybridized carbons (Fsp3) is 0.263. The van der Waals surface area contributed by atoms with Crippen LogP contribution >= 0.6 is 30.3 Å². The molecule has 124 valence electrons. The maximum Gasteiger partial charge on any atom is 0.124 e. The number of aromatic hydroxyl groups is 1. The van der Waals surface area contributed by atoms with Gasteiger partial charge >= 0.3 is 0 Å². The van der Waals surface area contributed by atoms with Crippen LogP contribution in [0.3, 0.4) is 0 Å². The van der Waals surface area contributed by atoms with Gasteiger partial charge in [0.25, 0.3) is 0 Å². The molecule has 0 saturated heterocycles. The molecule has 0 fully saturated rings. The SMILES string of the molecule is C=C(/C(C)=C\CCC)c1c(O)ccc2ccccc12.CNSI. The Morgan fingerprint density at radius 3 is 2.57 bits per heavy atom. The first-order valence-electron chi connectivity index (χ1n) is 7.58. The fourth-order valence-corrected chi connectivity index (χ4v) is 2.26. The Bertz CT molecular complexity index is 680. The number of hydrogen-bond acceptors (Lipinski definition) is 3. The Kier molecular flexibility index (Phi) is 9.36. The molecular weight excluding hydrogens is 417 g/mol. The molecule has 0 heterocycles. The number of benzene rings is 2. The van der Waals surface area contributed by atoms with E-state index in [1.54, 1.807) is 15.2 Å². The highest BCUT2D eigenvalue weighted by Crippen LogP contribution is 2.35. The Labute approximate surface area is 155 Å². The molecule has 0 amide bonds. The quantitative estimate of drug-likeness (QED) is 0.315. The monoisotopic (exact) mass is 441 g/mol. The molecular formula is C19H24INOS. The van der Waals surface area contributed by atoms with Crippen molar-refractivity contribution in [1.82, 2.24) is 4.72 Å². The number of nitrogens with one attached hydrogen (secondary N) is 1. The summed E-state index contributed by atoms with van der Waals surface area (Å²) < 4.78 is 2.83. The molecule has 0 aromatic heterocycles. The average molecular weight is 441 g/mol. The summed E-state index contributed by atoms with van der Waals surface area (Å²) in [5, 5.41) is 12.3. The Hall–Kier alpha value is -0.980. The van der Waals surface area contributed by atoms with Crippen LogP contribution in [-0.2, 0) is 0 Å². The van der Waals surface area contributed by atoms with Gasteiger partial charge in [0.15, 0.2) is 0 Å². The maximum atomic E-state index is 10.2. The predicted molar refractivity (Wildman–Crippen MR) is 114 cm³/mol. The predicted octanol–water partition coefficient (Wildman–Crippen LogP) is 6.51. The van der Waals surface area contributed by atoms with Crippen LogP contribution in [0, 0.1) is 0 Å². The van der Waals surface area contributed by atoms with Gasteiger partial charge in [0.2, 0.25) is 0 Å². The zero-order valence-corrected chi connectivity index (χ0v) is 16.9. The minimum Gasteiger partial charge on any atom is -0.507 e. The lowest BCUT2D eigenvalue weighted by molar-refractivity contribution is 0.474. The summed E-state index contributed by atoms with van der Waals surface area (Å²) in [6.07, 6.45) is 4.34. The van der Waals surface area contributed by atoms with E-state index in [4.69, 9.17) is 0 Å². The van der Waals surface area contributed by atoms with Crippen LogP contribution in [0.4, 0.5) is 0 Å². The normalized spacial score (nSPS) is 11.0. The van der Waals surface area contributed by atoms with E-state index in [0.29, 0.717) is 5.75 Å². The summed E-state index contributed by atoms with van der Waals surface area (Å²) in [5.74, 6) is 0.299. The lowest BCUT2D eigenvalue weighted by Gasteiger charge is -2.12. The van der Waals surface area contributed by atoms with Crippen LogP contribution < -0.4 is 4.72 Å². The van der Waals surface area contributed by atoms with Crippen molar-refractivity contribution in [2.45, 2.75) is 26.7 Å². The summed E-state index contributed by atoms with van der Waals surface area (Å²) in [7, 11) is 3.46. The highest BCUT2D eigenvalue weighted by molar-refractivity contribution is 14.2. The minimum absolute atomic E-state index is 0.299. The lowest BCUT2D eigenvalue weighted by Crippen LogP contribution is -1.89. The first-order valence-corrected chi connectivity index (χ1v) is 10.9. The van der Waals surface area contributed by atoms with E-state index in [9.17, 15) is 5.11 Å². The highest BCUT2D eigenvalue weighted by Gasteiger charge is 2.11. The smallest absolute Gasteiger partial charge is 0.124 e. The minimum atomic E-state index is 0.299. The lowest BCUT2D eigenvalue weighted by atomic mass is 9.93. The van der Waals surface area contributed by atoms with Gasteiger partial charge in [-0.15, -0.1) is 0 Å². The molecule has 0 spiro atoms. The van der Waals surface area contributed by atoms with Gasteiger partial charge in [0.1, 0.15) is 5.75 Å². The molecule has 0 radical (unpaired) electrons. The van der Waals surface area contributed by atoms with Crippen LogP contribution in [-0.4, -0.2) is 12.2 Å². The average Bonchev–Trinajstić information content (AvgIpc) is 2.59. The highest BCUT2D eigenvalue weighted by atomic mass is 127. The number of phenolic OH excluding ortho intramolecular Hbond substituents is 1. The molecule has 23 heavy (non-hydrogen) atoms. The number of halogens is 1. The zero-order valence-electron chi connectivity index (χ0n) is 13.9. The van der Waals surface area contributed by atoms with Crippen LogP contribution in [0.1, 0.15) is 32.3 Å². The third-order valence-corrected chi connectivity index (χ3v) is 4.98. The third-order valence-electron chi connectivity index (χ3n) is 3.50. The molecule has 2 aromatic carbocycles. The van der Waals surface area contributed by atoms with Crippen molar-refractivity contribution in [2.75, 3.05) is 7.05 Å². The summed E-state index contributed by atoms with van der Waals surface area (Å²) in [6, 6.07) is 11.8. The third kappa shape index (κ3) is 5.86. The van der Waals surface area contributed by atoms with Crippen molar-refractivity contribution in [2.24, 2.45) is 0 Å². The van der Waals surface area contributed by atoms with Gasteiger partial charge in [-0.3, -0.25) is 4.72 Å². The van der Waals surface area contributed by atoms with Gasteiger partial charge in [-0.05, 0) is 57.5 Å². The second-order valence-electron chi connectivity index (χ2n) is 5.12. The second kappa shape index (κ2) is 10.7. The van der Waals surface area contributed by atoms with Crippen molar-refractivity contribution in [3.8, 4) is 5.75 Å². The molecule has 0 atom stereocenters. The Morgan fingerprint density at radius 1 is 1.30 bits per heavy atom. The van der Waals surface area contributed by atoms with Crippen molar-refractivity contribution >= 4 is 46.7 Å². The first kappa shape index (κ1) is 20.1. The Balaban J connectivity index is 0.000000593. The summed E-state index contributed by atoms with van der Waals surface area (Å²) in [6.45, 7) is 8.37. The largest absolute Gasteiger partial charge is 0.507 e. The molecule has 4 heteroatoms. The molecule has 0 bridgehead atoms. The Morgan fingerprint density at radius 2 is 1.96 bits per heavy atom. The standard InChI is InChI=1S/C18H20O.CH4INS/c1-4-5-8-13(2)14(3)18-16-10-7-6-9-15(16)11-12-17(18)19;1-3-4-2/h6-12,19H,3-5H2,1-2H3;3H,1H3/b13-8-;. The number of allylic oxidation sites excluding steroid dienone is 3. The summed E-state index contributed by atoms with van der Waals surface area (Å²) in [5.41, 5.74) is 2.89. The molecule has 2 rings (SSSR count). The van der Waals surface area contributed by atoms with Crippen LogP contribution in [0.25, 0.3) is 16.3 Å². The van der Waals surface area contributed by atoms with Gasteiger partial charge in [-0.1, -0.05) is 56.3 Å². The van der Waals surface area contributed by atoms with Gasteiger partial charge < -0.3 is 5.11 Å². The molecule has 2 N–H and O–H groups in total. The van der Waals surface area contributed by atoms with E-state index in [1.807, 2.05) is 31.3 Å². The molecule has 0 aliphatic carbocycles. The number of phenols is 1. The van der Waals surface area contributed by atoms with E-state index in [1.165, 1.54) is 0 Å².